The third-order valence-corrected chi connectivity index (χ3v) is 4.13. The van der Waals surface area contributed by atoms with Crippen molar-refractivity contribution in [2.24, 2.45) is 11.8 Å². The van der Waals surface area contributed by atoms with Gasteiger partial charge < -0.3 is 10.4 Å². The van der Waals surface area contributed by atoms with Gasteiger partial charge in [0.15, 0.2) is 0 Å². The summed E-state index contributed by atoms with van der Waals surface area (Å²) in [5, 5.41) is 11.0. The third kappa shape index (κ3) is 6.10. The maximum Gasteiger partial charge on any atom is 0.322 e. The van der Waals surface area contributed by atoms with Crippen LogP contribution in [0.3, 0.4) is 0 Å². The van der Waals surface area contributed by atoms with Gasteiger partial charge >= 0.3 is 5.97 Å². The van der Waals surface area contributed by atoms with E-state index in [1.165, 1.54) is 6.07 Å². The van der Waals surface area contributed by atoms with E-state index in [0.29, 0.717) is 12.0 Å². The van der Waals surface area contributed by atoms with E-state index in [9.17, 15) is 18.8 Å². The number of carbonyl (C=O) groups excluding carboxylic acids is 2. The molecule has 0 spiro atoms. The highest BCUT2D eigenvalue weighted by Crippen LogP contribution is 2.21. The second-order valence-corrected chi connectivity index (χ2v) is 6.12. The molecule has 0 aliphatic heterocycles. The van der Waals surface area contributed by atoms with Gasteiger partial charge in [0.2, 0.25) is 5.91 Å². The van der Waals surface area contributed by atoms with Gasteiger partial charge in [-0.25, -0.2) is 4.39 Å². The molecule has 0 radical (unpaired) electrons. The number of benzene rings is 1. The summed E-state index contributed by atoms with van der Waals surface area (Å²) < 4.78 is 13.8. The Morgan fingerprint density at radius 1 is 1.29 bits per heavy atom. The number of ketones is 1. The normalized spacial score (nSPS) is 13.2. The smallest absolute Gasteiger partial charge is 0.322 e. The van der Waals surface area contributed by atoms with Gasteiger partial charge in [-0.1, -0.05) is 32.4 Å². The summed E-state index contributed by atoms with van der Waals surface area (Å²) in [6.07, 6.45) is 0.566. The lowest BCUT2D eigenvalue weighted by Crippen LogP contribution is -2.38. The minimum absolute atomic E-state index is 0.0340. The summed E-state index contributed by atoms with van der Waals surface area (Å²) in [7, 11) is 0. The molecule has 0 aliphatic rings. The summed E-state index contributed by atoms with van der Waals surface area (Å²) >= 11 is 0. The fourth-order valence-corrected chi connectivity index (χ4v) is 2.46. The predicted molar refractivity (Wildman–Crippen MR) is 88.1 cm³/mol. The van der Waals surface area contributed by atoms with Crippen molar-refractivity contribution in [3.8, 4) is 0 Å². The average Bonchev–Trinajstić information content (AvgIpc) is 2.52. The maximum absolute atomic E-state index is 13.8. The van der Waals surface area contributed by atoms with Crippen LogP contribution >= 0.6 is 0 Å². The quantitative estimate of drug-likeness (QED) is 0.725. The molecule has 5 nitrogen and oxygen atoms in total. The summed E-state index contributed by atoms with van der Waals surface area (Å²) in [5.41, 5.74) is 1.08. The zero-order valence-electron chi connectivity index (χ0n) is 14.3. The first-order valence-corrected chi connectivity index (χ1v) is 8.00. The van der Waals surface area contributed by atoms with E-state index in [-0.39, 0.29) is 24.5 Å². The van der Waals surface area contributed by atoms with Crippen molar-refractivity contribution >= 4 is 17.7 Å². The van der Waals surface area contributed by atoms with E-state index < -0.39 is 30.2 Å². The Balaban J connectivity index is 2.76. The summed E-state index contributed by atoms with van der Waals surface area (Å²) in [4.78, 5) is 35.0. The highest BCUT2D eigenvalue weighted by molar-refractivity contribution is 5.89. The van der Waals surface area contributed by atoms with Gasteiger partial charge in [0.25, 0.3) is 0 Å². The number of rotatable bonds is 9. The van der Waals surface area contributed by atoms with Gasteiger partial charge in [0, 0.05) is 18.8 Å². The Kier molecular flexibility index (Phi) is 7.55. The topological polar surface area (TPSA) is 83.5 Å². The molecule has 0 aliphatic carbocycles. The zero-order valence-corrected chi connectivity index (χ0v) is 14.3. The number of aliphatic carboxylic acids is 1. The number of hydrogen-bond acceptors (Lipinski definition) is 3. The Morgan fingerprint density at radius 3 is 2.50 bits per heavy atom. The van der Waals surface area contributed by atoms with Gasteiger partial charge in [-0.3, -0.25) is 14.4 Å². The molecule has 0 saturated heterocycles. The van der Waals surface area contributed by atoms with Gasteiger partial charge in [-0.05, 0) is 30.0 Å². The number of hydrogen-bond donors (Lipinski definition) is 2. The molecule has 0 aromatic heterocycles. The predicted octanol–water partition coefficient (Wildman–Crippen LogP) is 2.50. The van der Waals surface area contributed by atoms with E-state index in [4.69, 9.17) is 5.11 Å². The molecule has 24 heavy (non-hydrogen) atoms. The molecule has 0 fully saturated rings. The second kappa shape index (κ2) is 9.15. The number of carboxylic acid groups (broad SMARTS) is 1. The van der Waals surface area contributed by atoms with Crippen molar-refractivity contribution in [3.63, 3.8) is 0 Å². The molecule has 2 N–H and O–H groups in total. The minimum Gasteiger partial charge on any atom is -0.480 e. The van der Waals surface area contributed by atoms with Gasteiger partial charge in [-0.2, -0.15) is 0 Å². The number of aryl methyl sites for hydroxylation is 1. The standard InChI is InChI=1S/C18H24FNO4/c1-4-12(3)15(18(24)20-10-17(22)23)9-14(21)8-13-6-5-11(2)7-16(13)19/h5-7,12,15H,4,8-10H2,1-3H3,(H,20,24)(H,22,23)/t12-,15-/m0/s1. The molecule has 1 amide bonds. The average molecular weight is 337 g/mol. The van der Waals surface area contributed by atoms with E-state index in [1.54, 1.807) is 19.1 Å². The number of nitrogens with one attached hydrogen (secondary N) is 1. The van der Waals surface area contributed by atoms with Gasteiger partial charge in [0.05, 0.1) is 0 Å². The van der Waals surface area contributed by atoms with Crippen LogP contribution in [0.25, 0.3) is 0 Å². The number of carboxylic acids is 1. The molecule has 2 atom stereocenters. The SMILES string of the molecule is CC[C@H](C)[C@H](CC(=O)Cc1ccc(C)cc1F)C(=O)NCC(=O)O. The van der Waals surface area contributed by atoms with Crippen LogP contribution in [0.1, 0.15) is 37.8 Å². The zero-order chi connectivity index (χ0) is 18.3. The van der Waals surface area contributed by atoms with Crippen molar-refractivity contribution in [3.05, 3.63) is 35.1 Å². The summed E-state index contributed by atoms with van der Waals surface area (Å²) in [5.74, 6) is -2.96. The third-order valence-electron chi connectivity index (χ3n) is 4.13. The molecular weight excluding hydrogens is 313 g/mol. The van der Waals surface area contributed by atoms with Gasteiger partial charge in [-0.15, -0.1) is 0 Å². The number of halogens is 1. The van der Waals surface area contributed by atoms with Crippen molar-refractivity contribution in [2.45, 2.75) is 40.0 Å². The monoisotopic (exact) mass is 337 g/mol. The van der Waals surface area contributed by atoms with E-state index in [2.05, 4.69) is 5.32 Å². The Labute approximate surface area is 141 Å². The van der Waals surface area contributed by atoms with Crippen LogP contribution in [-0.4, -0.2) is 29.3 Å². The molecule has 6 heteroatoms. The Hall–Kier alpha value is -2.24. The lowest BCUT2D eigenvalue weighted by atomic mass is 9.85. The second-order valence-electron chi connectivity index (χ2n) is 6.12. The van der Waals surface area contributed by atoms with Crippen LogP contribution in [0.5, 0.6) is 0 Å². The number of Topliss-reactive ketones (excluding diaryl/α,β-unsaturated/α-hetero) is 1. The van der Waals surface area contributed by atoms with Crippen LogP contribution in [0.2, 0.25) is 0 Å². The summed E-state index contributed by atoms with van der Waals surface area (Å²) in [6, 6.07) is 4.68. The van der Waals surface area contributed by atoms with Crippen molar-refractivity contribution in [2.75, 3.05) is 6.54 Å². The molecule has 0 unspecified atom stereocenters. The first-order valence-electron chi connectivity index (χ1n) is 8.00. The number of carbonyl (C=O) groups is 3. The summed E-state index contributed by atoms with van der Waals surface area (Å²) in [6.45, 7) is 5.02. The molecule has 0 saturated carbocycles. The largest absolute Gasteiger partial charge is 0.480 e. The fraction of sp³-hybridized carbons (Fsp3) is 0.500. The van der Waals surface area contributed by atoms with E-state index in [1.807, 2.05) is 13.8 Å². The van der Waals surface area contributed by atoms with Crippen LogP contribution in [0.4, 0.5) is 4.39 Å². The lowest BCUT2D eigenvalue weighted by Gasteiger charge is -2.21. The number of amides is 1. The van der Waals surface area contributed by atoms with Crippen LogP contribution in [-0.2, 0) is 20.8 Å². The van der Waals surface area contributed by atoms with Crippen molar-refractivity contribution < 1.29 is 23.9 Å². The Bertz CT molecular complexity index is 615. The molecule has 0 heterocycles. The van der Waals surface area contributed by atoms with Crippen molar-refractivity contribution in [1.29, 1.82) is 0 Å². The molecule has 1 aromatic carbocycles. The first-order chi connectivity index (χ1) is 11.2. The molecule has 1 rings (SSSR count). The van der Waals surface area contributed by atoms with Gasteiger partial charge in [0.1, 0.15) is 18.1 Å². The first kappa shape index (κ1) is 19.8. The van der Waals surface area contributed by atoms with Crippen LogP contribution in [0.15, 0.2) is 18.2 Å². The highest BCUT2D eigenvalue weighted by atomic mass is 19.1. The molecular formula is C18H24FNO4. The maximum atomic E-state index is 13.8. The molecule has 0 bridgehead atoms. The minimum atomic E-state index is -1.14. The lowest BCUT2D eigenvalue weighted by molar-refractivity contribution is -0.139. The van der Waals surface area contributed by atoms with Crippen LogP contribution < -0.4 is 5.32 Å². The fourth-order valence-electron chi connectivity index (χ4n) is 2.46. The van der Waals surface area contributed by atoms with E-state index in [0.717, 1.165) is 5.56 Å². The molecule has 132 valence electrons. The van der Waals surface area contributed by atoms with Crippen LogP contribution in [0, 0.1) is 24.6 Å². The molecule has 1 aromatic rings. The highest BCUT2D eigenvalue weighted by Gasteiger charge is 2.27. The van der Waals surface area contributed by atoms with Crippen molar-refractivity contribution in [1.82, 2.24) is 5.32 Å². The Morgan fingerprint density at radius 2 is 1.96 bits per heavy atom. The van der Waals surface area contributed by atoms with E-state index >= 15 is 0 Å².